The maximum Gasteiger partial charge on any atom is 0.154 e. The summed E-state index contributed by atoms with van der Waals surface area (Å²) in [5, 5.41) is 20.4. The molecule has 0 radical (unpaired) electrons. The Morgan fingerprint density at radius 1 is 1.24 bits per heavy atom. The lowest BCUT2D eigenvalue weighted by molar-refractivity contribution is -0.0862. The molecule has 3 heteroatoms. The summed E-state index contributed by atoms with van der Waals surface area (Å²) in [5.41, 5.74) is 3.02. The number of fused-ring (bicyclic) bond motifs is 5. The summed E-state index contributed by atoms with van der Waals surface area (Å²) in [7, 11) is 0. The SMILES string of the molecule is [C-]#[N+]/C=C1/CC[C@H]2[C@@H]3CCC4=C[C@H](O)CC[C@]4(C)[C@H]3[C@@H](CO)C[C@]12C. The number of allylic oxidation sites excluding steroid dienone is 2. The minimum Gasteiger partial charge on any atom is -0.396 e. The fourth-order valence-corrected chi connectivity index (χ4v) is 7.42. The van der Waals surface area contributed by atoms with Crippen LogP contribution in [0.4, 0.5) is 0 Å². The van der Waals surface area contributed by atoms with E-state index < -0.39 is 0 Å². The fourth-order valence-electron chi connectivity index (χ4n) is 7.42. The van der Waals surface area contributed by atoms with Gasteiger partial charge in [0.25, 0.3) is 0 Å². The molecule has 0 aromatic heterocycles. The van der Waals surface area contributed by atoms with Gasteiger partial charge in [-0.25, -0.2) is 4.85 Å². The van der Waals surface area contributed by atoms with E-state index in [1.54, 1.807) is 6.20 Å². The first-order chi connectivity index (χ1) is 11.9. The molecule has 4 rings (SSSR count). The second-order valence-electron chi connectivity index (χ2n) is 9.44. The van der Waals surface area contributed by atoms with E-state index in [2.05, 4.69) is 24.8 Å². The van der Waals surface area contributed by atoms with Gasteiger partial charge in [0.1, 0.15) is 0 Å². The van der Waals surface area contributed by atoms with E-state index in [4.69, 9.17) is 6.57 Å². The zero-order chi connectivity index (χ0) is 17.8. The topological polar surface area (TPSA) is 44.8 Å². The highest BCUT2D eigenvalue weighted by Gasteiger charge is 2.60. The lowest BCUT2D eigenvalue weighted by atomic mass is 9.44. The predicted octanol–water partition coefficient (Wildman–Crippen LogP) is 4.33. The van der Waals surface area contributed by atoms with Crippen LogP contribution in [-0.4, -0.2) is 22.9 Å². The summed E-state index contributed by atoms with van der Waals surface area (Å²) in [6.07, 6.45) is 11.1. The van der Waals surface area contributed by atoms with E-state index in [0.29, 0.717) is 23.7 Å². The summed E-state index contributed by atoms with van der Waals surface area (Å²) in [4.78, 5) is 3.58. The Labute approximate surface area is 151 Å². The number of nitrogens with zero attached hydrogens (tertiary/aromatic N) is 1. The average Bonchev–Trinajstić information content (AvgIpc) is 2.91. The van der Waals surface area contributed by atoms with Crippen LogP contribution in [0, 0.1) is 41.1 Å². The van der Waals surface area contributed by atoms with Crippen molar-refractivity contribution in [1.29, 1.82) is 0 Å². The largest absolute Gasteiger partial charge is 0.396 e. The molecule has 4 aliphatic carbocycles. The molecule has 2 N–H and O–H groups in total. The highest BCUT2D eigenvalue weighted by molar-refractivity contribution is 5.30. The molecular formula is C22H31NO2. The number of aliphatic hydroxyl groups is 2. The highest BCUT2D eigenvalue weighted by atomic mass is 16.3. The molecule has 0 aromatic rings. The van der Waals surface area contributed by atoms with Gasteiger partial charge in [-0.05, 0) is 79.4 Å². The van der Waals surface area contributed by atoms with Gasteiger partial charge in [0.05, 0.1) is 12.7 Å². The van der Waals surface area contributed by atoms with Crippen LogP contribution in [0.2, 0.25) is 0 Å². The van der Waals surface area contributed by atoms with E-state index in [1.165, 1.54) is 24.0 Å². The van der Waals surface area contributed by atoms with Gasteiger partial charge in [0, 0.05) is 6.61 Å². The van der Waals surface area contributed by atoms with Crippen molar-refractivity contribution < 1.29 is 10.2 Å². The van der Waals surface area contributed by atoms with Crippen LogP contribution >= 0.6 is 0 Å². The van der Waals surface area contributed by atoms with Crippen molar-refractivity contribution >= 4 is 0 Å². The molecule has 0 spiro atoms. The highest BCUT2D eigenvalue weighted by Crippen LogP contribution is 2.68. The molecule has 0 saturated heterocycles. The maximum atomic E-state index is 10.3. The monoisotopic (exact) mass is 341 g/mol. The summed E-state index contributed by atoms with van der Waals surface area (Å²) in [6.45, 7) is 12.3. The molecule has 3 nitrogen and oxygen atoms in total. The molecule has 0 unspecified atom stereocenters. The van der Waals surface area contributed by atoms with Crippen LogP contribution in [0.3, 0.4) is 0 Å². The molecule has 3 saturated carbocycles. The zero-order valence-corrected chi connectivity index (χ0v) is 15.5. The first-order valence-corrected chi connectivity index (χ1v) is 10.00. The third-order valence-electron chi connectivity index (χ3n) is 8.47. The van der Waals surface area contributed by atoms with Gasteiger partial charge >= 0.3 is 0 Å². The maximum absolute atomic E-state index is 10.3. The van der Waals surface area contributed by atoms with Gasteiger partial charge < -0.3 is 10.2 Å². The molecule has 0 bridgehead atoms. The smallest absolute Gasteiger partial charge is 0.154 e. The molecule has 0 heterocycles. The predicted molar refractivity (Wildman–Crippen MR) is 98.4 cm³/mol. The molecule has 25 heavy (non-hydrogen) atoms. The van der Waals surface area contributed by atoms with E-state index in [1.807, 2.05) is 0 Å². The van der Waals surface area contributed by atoms with E-state index in [9.17, 15) is 10.2 Å². The Bertz CT molecular complexity index is 659. The summed E-state index contributed by atoms with van der Waals surface area (Å²) in [5.74, 6) is 2.13. The van der Waals surface area contributed by atoms with Crippen molar-refractivity contribution in [2.75, 3.05) is 6.61 Å². The first kappa shape index (κ1) is 17.3. The van der Waals surface area contributed by atoms with Crippen molar-refractivity contribution in [2.45, 2.75) is 64.9 Å². The Balaban J connectivity index is 1.75. The number of rotatable bonds is 1. The van der Waals surface area contributed by atoms with Crippen LogP contribution in [0.5, 0.6) is 0 Å². The lowest BCUT2D eigenvalue weighted by Crippen LogP contribution is -2.54. The Morgan fingerprint density at radius 3 is 2.76 bits per heavy atom. The Morgan fingerprint density at radius 2 is 2.04 bits per heavy atom. The van der Waals surface area contributed by atoms with E-state index in [-0.39, 0.29) is 23.5 Å². The fraction of sp³-hybridized carbons (Fsp3) is 0.773. The van der Waals surface area contributed by atoms with Crippen molar-refractivity contribution in [3.63, 3.8) is 0 Å². The van der Waals surface area contributed by atoms with Crippen LogP contribution in [0.1, 0.15) is 58.8 Å². The summed E-state index contributed by atoms with van der Waals surface area (Å²) >= 11 is 0. The van der Waals surface area contributed by atoms with Crippen molar-refractivity contribution in [1.82, 2.24) is 0 Å². The molecule has 3 fully saturated rings. The molecular weight excluding hydrogens is 310 g/mol. The number of hydrogen-bond acceptors (Lipinski definition) is 2. The average molecular weight is 341 g/mol. The van der Waals surface area contributed by atoms with Crippen LogP contribution in [0.25, 0.3) is 4.85 Å². The summed E-state index contributed by atoms with van der Waals surface area (Å²) < 4.78 is 0. The molecule has 4 aliphatic rings. The lowest BCUT2D eigenvalue weighted by Gasteiger charge is -2.60. The molecule has 0 aromatic carbocycles. The van der Waals surface area contributed by atoms with Crippen molar-refractivity contribution in [3.05, 3.63) is 34.8 Å². The molecule has 0 amide bonds. The van der Waals surface area contributed by atoms with E-state index in [0.717, 1.165) is 32.1 Å². The van der Waals surface area contributed by atoms with Crippen LogP contribution < -0.4 is 0 Å². The molecule has 136 valence electrons. The Kier molecular flexibility index (Phi) is 4.13. The quantitative estimate of drug-likeness (QED) is 0.551. The second-order valence-corrected chi connectivity index (χ2v) is 9.44. The minimum atomic E-state index is -0.277. The van der Waals surface area contributed by atoms with E-state index >= 15 is 0 Å². The summed E-state index contributed by atoms with van der Waals surface area (Å²) in [6, 6.07) is 0. The first-order valence-electron chi connectivity index (χ1n) is 10.00. The minimum absolute atomic E-state index is 0.102. The van der Waals surface area contributed by atoms with Crippen molar-refractivity contribution in [3.8, 4) is 0 Å². The van der Waals surface area contributed by atoms with Gasteiger partial charge in [0.15, 0.2) is 6.20 Å². The van der Waals surface area contributed by atoms with Gasteiger partial charge in [-0.1, -0.05) is 31.1 Å². The zero-order valence-electron chi connectivity index (χ0n) is 15.5. The standard InChI is InChI=1S/C22H31NO2/c1-21-9-8-17(25)10-15(21)4-6-18-19-7-5-16(12-23-3)22(19,2)11-14(13-24)20(18)21/h10,12,14,17-20,24-25H,4-9,11,13H2,1-2H3/b16-12-/t14-,17-,18+,19+,20+,21+,22-/m1/s1. The second kappa shape index (κ2) is 5.96. The van der Waals surface area contributed by atoms with Crippen LogP contribution in [-0.2, 0) is 0 Å². The van der Waals surface area contributed by atoms with Gasteiger partial charge in [-0.2, -0.15) is 0 Å². The van der Waals surface area contributed by atoms with Crippen molar-refractivity contribution in [2.24, 2.45) is 34.5 Å². The normalized spacial score (nSPS) is 50.4. The Hall–Kier alpha value is -1.11. The molecule has 7 atom stereocenters. The van der Waals surface area contributed by atoms with Crippen LogP contribution in [0.15, 0.2) is 23.4 Å². The van der Waals surface area contributed by atoms with Gasteiger partial charge in [-0.15, -0.1) is 0 Å². The van der Waals surface area contributed by atoms with Gasteiger partial charge in [-0.3, -0.25) is 0 Å². The number of aliphatic hydroxyl groups excluding tert-OH is 2. The number of hydrogen-bond donors (Lipinski definition) is 2. The third-order valence-corrected chi connectivity index (χ3v) is 8.47. The van der Waals surface area contributed by atoms with Gasteiger partial charge in [0.2, 0.25) is 0 Å². The third kappa shape index (κ3) is 2.37. The molecule has 0 aliphatic heterocycles.